The number of nitrogens with one attached hydrogen (secondary N) is 3. The first-order valence-corrected chi connectivity index (χ1v) is 20.3. The van der Waals surface area contributed by atoms with Crippen molar-refractivity contribution >= 4 is 36.6 Å². The number of hydrogen-bond acceptors (Lipinski definition) is 10. The van der Waals surface area contributed by atoms with Gasteiger partial charge in [-0.05, 0) is 36.1 Å². The first kappa shape index (κ1) is 51.1. The van der Waals surface area contributed by atoms with Crippen molar-refractivity contribution in [3.8, 4) is 11.1 Å². The number of likely N-dealkylation sites (N-methyl/N-ethyl adjacent to an activating group) is 1. The maximum absolute atomic E-state index is 12.3. The minimum atomic E-state index is -0.911. The number of hydrogen-bond donors (Lipinski definition) is 6. The van der Waals surface area contributed by atoms with Crippen LogP contribution >= 0.6 is 0 Å². The first-order chi connectivity index (χ1) is 28.0. The summed E-state index contributed by atoms with van der Waals surface area (Å²) in [4.78, 5) is 74.1. The van der Waals surface area contributed by atoms with Gasteiger partial charge in [0.2, 0.25) is 18.2 Å². The summed E-state index contributed by atoms with van der Waals surface area (Å²) in [7, 11) is 0. The topological polar surface area (TPSA) is 212 Å². The Bertz CT molecular complexity index is 1450. The summed E-state index contributed by atoms with van der Waals surface area (Å²) in [6.45, 7) is 13.2. The molecule has 0 aromatic heterocycles. The predicted molar refractivity (Wildman–Crippen MR) is 224 cm³/mol. The summed E-state index contributed by atoms with van der Waals surface area (Å²) >= 11 is 0. The van der Waals surface area contributed by atoms with Crippen LogP contribution in [0.25, 0.3) is 11.1 Å². The summed E-state index contributed by atoms with van der Waals surface area (Å²) in [5, 5.41) is 33.7. The third kappa shape index (κ3) is 24.0. The molecular weight excluding hydrogens is 747 g/mol. The molecule has 324 valence electrons. The van der Waals surface area contributed by atoms with Crippen LogP contribution in [0.15, 0.2) is 54.6 Å². The number of rotatable bonds is 20. The average molecular weight is 814 g/mol. The highest BCUT2D eigenvalue weighted by Crippen LogP contribution is 2.19. The smallest absolute Gasteiger partial charge is 0.317 e. The van der Waals surface area contributed by atoms with Gasteiger partial charge in [-0.3, -0.25) is 43.5 Å². The van der Waals surface area contributed by atoms with E-state index in [0.29, 0.717) is 71.7 Å². The van der Waals surface area contributed by atoms with Gasteiger partial charge in [-0.2, -0.15) is 0 Å². The van der Waals surface area contributed by atoms with Gasteiger partial charge < -0.3 is 36.2 Å². The van der Waals surface area contributed by atoms with Crippen molar-refractivity contribution in [3.63, 3.8) is 0 Å². The first-order valence-electron chi connectivity index (χ1n) is 20.3. The SMILES string of the molecule is CCCCCCNC(=O)C(Cc1ccc(-c2ccccc2)cc1)NC=O.CCCNC(=O)CN1CCN(CC)CCN(CC(=O)O)CCN(CC(=O)O)CC1.O=CO. The molecule has 3 amide bonds. The molecule has 1 aliphatic rings. The molecule has 1 saturated heterocycles. The number of carboxylic acid groups (broad SMARTS) is 3. The number of carbonyl (C=O) groups excluding carboxylic acids is 3. The molecule has 1 fully saturated rings. The maximum atomic E-state index is 12.3. The number of nitrogens with zero attached hydrogens (tertiary/aromatic N) is 4. The van der Waals surface area contributed by atoms with Crippen molar-refractivity contribution in [2.45, 2.75) is 65.3 Å². The van der Waals surface area contributed by atoms with E-state index in [1.54, 1.807) is 0 Å². The van der Waals surface area contributed by atoms with Crippen molar-refractivity contribution < 1.29 is 44.1 Å². The molecule has 3 rings (SSSR count). The van der Waals surface area contributed by atoms with Gasteiger partial charge >= 0.3 is 11.9 Å². The molecule has 1 atom stereocenters. The van der Waals surface area contributed by atoms with E-state index in [1.807, 2.05) is 59.2 Å². The Morgan fingerprint density at radius 2 is 1.14 bits per heavy atom. The maximum Gasteiger partial charge on any atom is 0.317 e. The number of aliphatic carboxylic acids is 2. The van der Waals surface area contributed by atoms with Gasteiger partial charge in [-0.15, -0.1) is 0 Å². The van der Waals surface area contributed by atoms with Gasteiger partial charge in [0.1, 0.15) is 6.04 Å². The zero-order valence-electron chi connectivity index (χ0n) is 34.7. The Kier molecular flexibility index (Phi) is 28.3. The summed E-state index contributed by atoms with van der Waals surface area (Å²) in [6.07, 6.45) is 6.40. The van der Waals surface area contributed by atoms with Crippen LogP contribution in [0.3, 0.4) is 0 Å². The lowest BCUT2D eigenvalue weighted by Gasteiger charge is -2.33. The molecule has 16 heteroatoms. The number of amides is 3. The monoisotopic (exact) mass is 814 g/mol. The summed E-state index contributed by atoms with van der Waals surface area (Å²) in [6, 6.07) is 17.7. The second kappa shape index (κ2) is 32.1. The Balaban J connectivity index is 0.000000545. The Morgan fingerprint density at radius 3 is 1.60 bits per heavy atom. The van der Waals surface area contributed by atoms with Crippen LogP contribution in [0.2, 0.25) is 0 Å². The number of unbranched alkanes of at least 4 members (excludes halogenated alkanes) is 3. The molecule has 0 spiro atoms. The molecule has 2 aromatic carbocycles. The van der Waals surface area contributed by atoms with Gasteiger partial charge in [-0.25, -0.2) is 0 Å². The number of benzene rings is 2. The van der Waals surface area contributed by atoms with Crippen LogP contribution in [0.5, 0.6) is 0 Å². The predicted octanol–water partition coefficient (Wildman–Crippen LogP) is 2.33. The largest absolute Gasteiger partial charge is 0.483 e. The fourth-order valence-electron chi connectivity index (χ4n) is 6.17. The fourth-order valence-corrected chi connectivity index (χ4v) is 6.17. The summed E-state index contributed by atoms with van der Waals surface area (Å²) in [5.74, 6) is -1.93. The van der Waals surface area contributed by atoms with E-state index in [1.165, 1.54) is 12.8 Å². The highest BCUT2D eigenvalue weighted by molar-refractivity contribution is 5.84. The highest BCUT2D eigenvalue weighted by Gasteiger charge is 2.20. The van der Waals surface area contributed by atoms with E-state index >= 15 is 0 Å². The molecular formula is C42H67N7O9. The molecule has 0 saturated carbocycles. The van der Waals surface area contributed by atoms with E-state index < -0.39 is 18.0 Å². The van der Waals surface area contributed by atoms with Crippen molar-refractivity contribution in [1.82, 2.24) is 35.6 Å². The zero-order valence-corrected chi connectivity index (χ0v) is 34.7. The van der Waals surface area contributed by atoms with Crippen LogP contribution in [-0.2, 0) is 35.2 Å². The third-order valence-corrected chi connectivity index (χ3v) is 9.45. The Morgan fingerprint density at radius 1 is 0.638 bits per heavy atom. The molecule has 0 aliphatic carbocycles. The van der Waals surface area contributed by atoms with Crippen molar-refractivity contribution in [2.24, 2.45) is 0 Å². The average Bonchev–Trinajstić information content (AvgIpc) is 3.20. The minimum Gasteiger partial charge on any atom is -0.483 e. The van der Waals surface area contributed by atoms with Crippen LogP contribution in [-0.4, -0.2) is 169 Å². The van der Waals surface area contributed by atoms with E-state index in [-0.39, 0.29) is 31.4 Å². The highest BCUT2D eigenvalue weighted by atomic mass is 16.4. The van der Waals surface area contributed by atoms with Gasteiger partial charge in [0, 0.05) is 71.9 Å². The standard InChI is InChI=1S/C22H28N2O2.C19H37N5O5.CH2O2/c1-2-3-4-8-15-23-22(26)21(24-17-25)16-18-11-13-20(14-12-18)19-9-6-5-7-10-19;1-3-5-20-17(25)14-22-8-6-21(4-2)7-9-23(15-18(26)27)12-13-24(11-10-22)16-19(28)29;2-1-3/h5-7,9-14,17,21H,2-4,8,15-16H2,1H3,(H,23,26)(H,24,25);3-16H2,1-2H3,(H,20,25)(H,26,27)(H,28,29);1H,(H,2,3). The van der Waals surface area contributed by atoms with Crippen LogP contribution in [0.1, 0.15) is 58.4 Å². The van der Waals surface area contributed by atoms with Gasteiger partial charge in [0.25, 0.3) is 6.47 Å². The van der Waals surface area contributed by atoms with Crippen molar-refractivity contribution in [3.05, 3.63) is 60.2 Å². The van der Waals surface area contributed by atoms with E-state index in [4.69, 9.17) is 15.0 Å². The second-order valence-corrected chi connectivity index (χ2v) is 14.0. The van der Waals surface area contributed by atoms with Gasteiger partial charge in [0.05, 0.1) is 19.6 Å². The van der Waals surface area contributed by atoms with Crippen LogP contribution < -0.4 is 16.0 Å². The third-order valence-electron chi connectivity index (χ3n) is 9.45. The molecule has 58 heavy (non-hydrogen) atoms. The molecule has 6 N–H and O–H groups in total. The van der Waals surface area contributed by atoms with Crippen molar-refractivity contribution in [2.75, 3.05) is 91.6 Å². The van der Waals surface area contributed by atoms with Gasteiger partial charge in [0.15, 0.2) is 0 Å². The molecule has 2 aromatic rings. The lowest BCUT2D eigenvalue weighted by molar-refractivity contribution is -0.140. The van der Waals surface area contributed by atoms with Crippen LogP contribution in [0.4, 0.5) is 0 Å². The molecule has 0 bridgehead atoms. The zero-order chi connectivity index (χ0) is 43.0. The lowest BCUT2D eigenvalue weighted by atomic mass is 10.0. The van der Waals surface area contributed by atoms with E-state index in [9.17, 15) is 29.1 Å². The quantitative estimate of drug-likeness (QED) is 0.0839. The second-order valence-electron chi connectivity index (χ2n) is 14.0. The summed E-state index contributed by atoms with van der Waals surface area (Å²) in [5.41, 5.74) is 3.31. The molecule has 1 aliphatic heterocycles. The molecule has 1 unspecified atom stereocenters. The minimum absolute atomic E-state index is 0.0144. The van der Waals surface area contributed by atoms with E-state index in [0.717, 1.165) is 55.6 Å². The number of carbonyl (C=O) groups is 6. The molecule has 0 radical (unpaired) electrons. The van der Waals surface area contributed by atoms with Gasteiger partial charge in [-0.1, -0.05) is 94.6 Å². The molecule has 16 nitrogen and oxygen atoms in total. The van der Waals surface area contributed by atoms with Crippen LogP contribution in [0, 0.1) is 0 Å². The lowest BCUT2D eigenvalue weighted by Crippen LogP contribution is -2.49. The number of carboxylic acids is 2. The Labute approximate surface area is 343 Å². The molecule has 1 heterocycles. The Hall–Kier alpha value is -4.90. The van der Waals surface area contributed by atoms with Crippen molar-refractivity contribution in [1.29, 1.82) is 0 Å². The fraction of sp³-hybridized carbons (Fsp3) is 0.571. The normalized spacial score (nSPS) is 15.0. The summed E-state index contributed by atoms with van der Waals surface area (Å²) < 4.78 is 0. The van der Waals surface area contributed by atoms with E-state index in [2.05, 4.69) is 51.7 Å².